The van der Waals surface area contributed by atoms with Crippen molar-refractivity contribution in [2.45, 2.75) is 77.1 Å². The summed E-state index contributed by atoms with van der Waals surface area (Å²) in [6.45, 7) is 15.8. The van der Waals surface area contributed by atoms with Crippen LogP contribution in [0.25, 0.3) is 0 Å². The van der Waals surface area contributed by atoms with Crippen molar-refractivity contribution >= 4 is 8.32 Å². The summed E-state index contributed by atoms with van der Waals surface area (Å²) in [7, 11) is -1.68. The third-order valence-corrected chi connectivity index (χ3v) is 10.3. The first kappa shape index (κ1) is 15.2. The molecule has 1 unspecified atom stereocenters. The number of hydrogen-bond acceptors (Lipinski definition) is 2. The summed E-state index contributed by atoms with van der Waals surface area (Å²) in [6, 6.07) is 0. The molecule has 0 N–H and O–H groups in total. The van der Waals surface area contributed by atoms with E-state index >= 15 is 0 Å². The molecule has 1 rings (SSSR count). The molecule has 0 aromatic heterocycles. The van der Waals surface area contributed by atoms with Crippen LogP contribution in [0.5, 0.6) is 0 Å². The minimum atomic E-state index is -1.68. The number of ether oxygens (including phenoxy) is 1. The van der Waals surface area contributed by atoms with Gasteiger partial charge in [-0.15, -0.1) is 0 Å². The van der Waals surface area contributed by atoms with Crippen molar-refractivity contribution in [1.82, 2.24) is 0 Å². The molecular weight excluding hydrogens is 228 g/mol. The Hall–Kier alpha value is 0.137. The summed E-state index contributed by atoms with van der Waals surface area (Å²) in [5.74, 6) is 0. The van der Waals surface area contributed by atoms with Gasteiger partial charge in [0.2, 0.25) is 0 Å². The molecule has 1 fully saturated rings. The Morgan fingerprint density at radius 1 is 1.06 bits per heavy atom. The predicted molar refractivity (Wildman–Crippen MR) is 76.0 cm³/mol. The maximum Gasteiger partial charge on any atom is 0.200 e. The van der Waals surface area contributed by atoms with Crippen molar-refractivity contribution in [1.29, 1.82) is 0 Å². The fourth-order valence-corrected chi connectivity index (χ4v) is 8.99. The largest absolute Gasteiger partial charge is 0.413 e. The van der Waals surface area contributed by atoms with Crippen molar-refractivity contribution in [3.8, 4) is 0 Å². The van der Waals surface area contributed by atoms with E-state index in [1.165, 1.54) is 12.8 Å². The quantitative estimate of drug-likeness (QED) is 0.659. The van der Waals surface area contributed by atoms with Gasteiger partial charge in [-0.3, -0.25) is 0 Å². The first-order valence-electron chi connectivity index (χ1n) is 7.16. The third-order valence-electron chi connectivity index (χ3n) is 4.25. The molecule has 1 saturated heterocycles. The molecule has 0 radical (unpaired) electrons. The Morgan fingerprint density at radius 2 is 1.59 bits per heavy atom. The first-order valence-corrected chi connectivity index (χ1v) is 9.30. The summed E-state index contributed by atoms with van der Waals surface area (Å²) in [6.07, 6.45) is 2.74. The van der Waals surface area contributed by atoms with Crippen molar-refractivity contribution in [2.24, 2.45) is 0 Å². The van der Waals surface area contributed by atoms with E-state index in [-0.39, 0.29) is 0 Å². The molecule has 0 aromatic rings. The van der Waals surface area contributed by atoms with Crippen molar-refractivity contribution in [2.75, 3.05) is 13.2 Å². The molecule has 0 bridgehead atoms. The molecule has 1 heterocycles. The Morgan fingerprint density at radius 3 is 1.94 bits per heavy atom. The predicted octanol–water partition coefficient (Wildman–Crippen LogP) is 4.36. The molecule has 0 amide bonds. The van der Waals surface area contributed by atoms with Crippen molar-refractivity contribution in [3.05, 3.63) is 0 Å². The van der Waals surface area contributed by atoms with Crippen LogP contribution in [0.1, 0.15) is 54.4 Å². The van der Waals surface area contributed by atoms with E-state index in [0.29, 0.717) is 22.7 Å². The van der Waals surface area contributed by atoms with Crippen molar-refractivity contribution < 1.29 is 9.16 Å². The lowest BCUT2D eigenvalue weighted by molar-refractivity contribution is 0.0614. The van der Waals surface area contributed by atoms with Gasteiger partial charge in [0, 0.05) is 6.61 Å². The maximum atomic E-state index is 6.51. The molecule has 1 aliphatic rings. The van der Waals surface area contributed by atoms with E-state index in [0.717, 1.165) is 13.2 Å². The average Bonchev–Trinajstić information content (AvgIpc) is 2.69. The molecule has 0 spiro atoms. The van der Waals surface area contributed by atoms with Gasteiger partial charge in [-0.1, -0.05) is 41.5 Å². The van der Waals surface area contributed by atoms with Crippen LogP contribution < -0.4 is 0 Å². The molecule has 3 heteroatoms. The third kappa shape index (κ3) is 3.33. The Bertz CT molecular complexity index is 198. The highest BCUT2D eigenvalue weighted by Crippen LogP contribution is 2.42. The number of rotatable bonds is 6. The molecule has 17 heavy (non-hydrogen) atoms. The van der Waals surface area contributed by atoms with Crippen LogP contribution in [0.15, 0.2) is 0 Å². The molecule has 2 nitrogen and oxygen atoms in total. The zero-order valence-corrected chi connectivity index (χ0v) is 13.5. The van der Waals surface area contributed by atoms with Gasteiger partial charge in [-0.2, -0.15) is 0 Å². The van der Waals surface area contributed by atoms with Gasteiger partial charge in [0.15, 0.2) is 8.32 Å². The summed E-state index contributed by atoms with van der Waals surface area (Å²) in [5.41, 5.74) is 2.01. The van der Waals surface area contributed by atoms with Crippen LogP contribution in [-0.2, 0) is 9.16 Å². The van der Waals surface area contributed by atoms with Gasteiger partial charge in [-0.05, 0) is 29.5 Å². The minimum Gasteiger partial charge on any atom is -0.413 e. The van der Waals surface area contributed by atoms with Gasteiger partial charge in [-0.25, -0.2) is 0 Å². The zero-order valence-electron chi connectivity index (χ0n) is 12.5. The van der Waals surface area contributed by atoms with E-state index in [9.17, 15) is 0 Å². The molecule has 1 atom stereocenters. The highest BCUT2D eigenvalue weighted by Gasteiger charge is 2.45. The molecule has 102 valence electrons. The van der Waals surface area contributed by atoms with E-state index in [4.69, 9.17) is 9.16 Å². The van der Waals surface area contributed by atoms with Crippen LogP contribution in [0.2, 0.25) is 16.6 Å². The van der Waals surface area contributed by atoms with Gasteiger partial charge >= 0.3 is 0 Å². The Kier molecular flexibility index (Phi) is 5.67. The lowest BCUT2D eigenvalue weighted by Gasteiger charge is -2.42. The molecule has 1 aliphatic heterocycles. The molecule has 0 aliphatic carbocycles. The fourth-order valence-electron chi connectivity index (χ4n) is 3.51. The molecule has 0 aromatic carbocycles. The second-order valence-corrected chi connectivity index (χ2v) is 11.7. The van der Waals surface area contributed by atoms with Crippen LogP contribution >= 0.6 is 0 Å². The van der Waals surface area contributed by atoms with E-state index in [1.54, 1.807) is 0 Å². The van der Waals surface area contributed by atoms with Crippen LogP contribution in [0.3, 0.4) is 0 Å². The summed E-state index contributed by atoms with van der Waals surface area (Å²) in [5, 5.41) is 0. The Labute approximate surface area is 108 Å². The molecule has 0 saturated carbocycles. The van der Waals surface area contributed by atoms with Crippen LogP contribution in [0, 0.1) is 0 Å². The molecular formula is C14H30O2Si. The lowest BCUT2D eigenvalue weighted by Crippen LogP contribution is -2.49. The van der Waals surface area contributed by atoms with Gasteiger partial charge < -0.3 is 9.16 Å². The van der Waals surface area contributed by atoms with E-state index in [2.05, 4.69) is 41.5 Å². The van der Waals surface area contributed by atoms with E-state index in [1.807, 2.05) is 0 Å². The van der Waals surface area contributed by atoms with Gasteiger partial charge in [0.25, 0.3) is 0 Å². The topological polar surface area (TPSA) is 18.5 Å². The van der Waals surface area contributed by atoms with Gasteiger partial charge in [0.05, 0.1) is 12.7 Å². The minimum absolute atomic E-state index is 0.359. The fraction of sp³-hybridized carbons (Fsp3) is 1.00. The summed E-state index contributed by atoms with van der Waals surface area (Å²) in [4.78, 5) is 0. The Balaban J connectivity index is 2.67. The first-order chi connectivity index (χ1) is 7.91. The normalized spacial score (nSPS) is 22.1. The second kappa shape index (κ2) is 6.35. The van der Waals surface area contributed by atoms with Crippen LogP contribution in [-0.4, -0.2) is 27.6 Å². The van der Waals surface area contributed by atoms with Crippen LogP contribution in [0.4, 0.5) is 0 Å². The van der Waals surface area contributed by atoms with E-state index < -0.39 is 8.32 Å². The van der Waals surface area contributed by atoms with Crippen molar-refractivity contribution in [3.63, 3.8) is 0 Å². The van der Waals surface area contributed by atoms with Gasteiger partial charge in [0.1, 0.15) is 0 Å². The maximum absolute atomic E-state index is 6.51. The number of hydrogen-bond donors (Lipinski definition) is 0. The monoisotopic (exact) mass is 258 g/mol. The average molecular weight is 258 g/mol. The summed E-state index contributed by atoms with van der Waals surface area (Å²) < 4.78 is 12.2. The standard InChI is InChI=1S/C14H30O2Si/c1-11(2)17(12(3)4,13(5)6)16-10-14-8-7-9-15-14/h11-14H,7-10H2,1-6H3. The zero-order chi connectivity index (χ0) is 13.1. The SMILES string of the molecule is CC(C)[Si](OCC1CCCO1)(C(C)C)C(C)C. The highest BCUT2D eigenvalue weighted by atomic mass is 28.4. The second-order valence-electron chi connectivity index (χ2n) is 6.26. The lowest BCUT2D eigenvalue weighted by atomic mass is 10.2. The highest BCUT2D eigenvalue weighted by molar-refractivity contribution is 6.77. The smallest absolute Gasteiger partial charge is 0.200 e. The summed E-state index contributed by atoms with van der Waals surface area (Å²) >= 11 is 0.